The van der Waals surface area contributed by atoms with Crippen LogP contribution in [-0.2, 0) is 0 Å². The van der Waals surface area contributed by atoms with Gasteiger partial charge in [-0.3, -0.25) is 14.7 Å². The standard InChI is InChI=1S/C23H18Cl2FN5O2S/c24-13-3-1-5-15(26)18(13)23(33)31-9-7-12(8-10-31)22-27-17(11-34-22)21(32)28-20-19-14(25)4-2-6-16(19)29-30-20/h1-6,11-12H,7-10H2,(H2,28,29,30,32). The molecule has 174 valence electrons. The van der Waals surface area contributed by atoms with Gasteiger partial charge in [0.1, 0.15) is 11.5 Å². The molecule has 0 unspecified atom stereocenters. The lowest BCUT2D eigenvalue weighted by molar-refractivity contribution is 0.0708. The van der Waals surface area contributed by atoms with Crippen LogP contribution in [0.2, 0.25) is 10.0 Å². The Balaban J connectivity index is 1.24. The summed E-state index contributed by atoms with van der Waals surface area (Å²) in [5.41, 5.74) is 0.918. The molecule has 34 heavy (non-hydrogen) atoms. The van der Waals surface area contributed by atoms with Crippen molar-refractivity contribution < 1.29 is 14.0 Å². The number of benzene rings is 2. The molecule has 0 saturated carbocycles. The highest BCUT2D eigenvalue weighted by atomic mass is 35.5. The Morgan fingerprint density at radius 3 is 2.62 bits per heavy atom. The van der Waals surface area contributed by atoms with Crippen LogP contribution in [0.4, 0.5) is 10.2 Å². The summed E-state index contributed by atoms with van der Waals surface area (Å²) in [6.07, 6.45) is 1.32. The smallest absolute Gasteiger partial charge is 0.276 e. The molecule has 1 saturated heterocycles. The zero-order valence-corrected chi connectivity index (χ0v) is 20.0. The number of piperidine rings is 1. The number of anilines is 1. The molecule has 5 rings (SSSR count). The highest BCUT2D eigenvalue weighted by Gasteiger charge is 2.29. The summed E-state index contributed by atoms with van der Waals surface area (Å²) in [5.74, 6) is -0.962. The molecule has 2 aromatic carbocycles. The van der Waals surface area contributed by atoms with E-state index in [-0.39, 0.29) is 22.4 Å². The van der Waals surface area contributed by atoms with Gasteiger partial charge in [0.25, 0.3) is 11.8 Å². The first-order valence-electron chi connectivity index (χ1n) is 10.5. The van der Waals surface area contributed by atoms with Crippen LogP contribution in [0.1, 0.15) is 44.6 Å². The van der Waals surface area contributed by atoms with Crippen LogP contribution < -0.4 is 5.32 Å². The number of H-pyrrole nitrogens is 1. The summed E-state index contributed by atoms with van der Waals surface area (Å²) in [6.45, 7) is 0.903. The number of nitrogens with one attached hydrogen (secondary N) is 2. The van der Waals surface area contributed by atoms with Crippen LogP contribution in [-0.4, -0.2) is 45.0 Å². The van der Waals surface area contributed by atoms with Gasteiger partial charge in [-0.15, -0.1) is 11.3 Å². The number of hydrogen-bond donors (Lipinski definition) is 2. The van der Waals surface area contributed by atoms with Crippen molar-refractivity contribution in [1.29, 1.82) is 0 Å². The quantitative estimate of drug-likeness (QED) is 0.361. The number of aromatic nitrogens is 3. The molecular weight excluding hydrogens is 500 g/mol. The van der Waals surface area contributed by atoms with Gasteiger partial charge in [-0.05, 0) is 37.1 Å². The normalized spacial score (nSPS) is 14.5. The molecule has 1 aliphatic rings. The van der Waals surface area contributed by atoms with E-state index < -0.39 is 11.7 Å². The van der Waals surface area contributed by atoms with Gasteiger partial charge < -0.3 is 10.2 Å². The van der Waals surface area contributed by atoms with Gasteiger partial charge in [0.05, 0.1) is 31.5 Å². The molecule has 3 heterocycles. The predicted molar refractivity (Wildman–Crippen MR) is 130 cm³/mol. The van der Waals surface area contributed by atoms with Gasteiger partial charge in [-0.2, -0.15) is 5.10 Å². The maximum absolute atomic E-state index is 14.1. The zero-order valence-electron chi connectivity index (χ0n) is 17.6. The van der Waals surface area contributed by atoms with Crippen molar-refractivity contribution in [2.75, 3.05) is 18.4 Å². The van der Waals surface area contributed by atoms with Crippen molar-refractivity contribution in [2.45, 2.75) is 18.8 Å². The topological polar surface area (TPSA) is 91.0 Å². The average Bonchev–Trinajstić information content (AvgIpc) is 3.48. The number of fused-ring (bicyclic) bond motifs is 1. The molecule has 7 nitrogen and oxygen atoms in total. The fraction of sp³-hybridized carbons (Fsp3) is 0.217. The molecule has 11 heteroatoms. The van der Waals surface area contributed by atoms with E-state index in [9.17, 15) is 14.0 Å². The third-order valence-electron chi connectivity index (χ3n) is 5.83. The Morgan fingerprint density at radius 2 is 1.85 bits per heavy atom. The minimum atomic E-state index is -0.624. The second kappa shape index (κ2) is 9.32. The average molecular weight is 518 g/mol. The number of nitrogens with zero attached hydrogens (tertiary/aromatic N) is 3. The van der Waals surface area contributed by atoms with Crippen molar-refractivity contribution >= 4 is 63.1 Å². The first kappa shape index (κ1) is 22.8. The first-order chi connectivity index (χ1) is 16.4. The highest BCUT2D eigenvalue weighted by Crippen LogP contribution is 2.33. The van der Waals surface area contributed by atoms with Gasteiger partial charge in [-0.1, -0.05) is 35.3 Å². The van der Waals surface area contributed by atoms with Gasteiger partial charge in [0.15, 0.2) is 5.82 Å². The Bertz CT molecular complexity index is 1380. The Kier molecular flexibility index (Phi) is 6.24. The number of amides is 2. The summed E-state index contributed by atoms with van der Waals surface area (Å²) < 4.78 is 14.1. The van der Waals surface area contributed by atoms with E-state index >= 15 is 0 Å². The third-order valence-corrected chi connectivity index (χ3v) is 7.47. The fourth-order valence-corrected chi connectivity index (χ4v) is 5.54. The number of aromatic amines is 1. The van der Waals surface area contributed by atoms with E-state index in [1.165, 1.54) is 29.5 Å². The minimum absolute atomic E-state index is 0.0955. The Labute approximate surface area is 207 Å². The van der Waals surface area contributed by atoms with E-state index in [1.54, 1.807) is 22.4 Å². The van der Waals surface area contributed by atoms with Crippen LogP contribution >= 0.6 is 34.5 Å². The van der Waals surface area contributed by atoms with E-state index in [2.05, 4.69) is 20.5 Å². The van der Waals surface area contributed by atoms with Crippen LogP contribution in [0.25, 0.3) is 10.9 Å². The van der Waals surface area contributed by atoms with Gasteiger partial charge in [-0.25, -0.2) is 9.37 Å². The molecule has 0 bridgehead atoms. The lowest BCUT2D eigenvalue weighted by Crippen LogP contribution is -2.38. The second-order valence-corrected chi connectivity index (χ2v) is 9.63. The molecule has 1 aliphatic heterocycles. The molecule has 2 amide bonds. The van der Waals surface area contributed by atoms with Gasteiger partial charge in [0, 0.05) is 24.4 Å². The zero-order chi connectivity index (χ0) is 23.8. The molecule has 1 fully saturated rings. The van der Waals surface area contributed by atoms with Crippen molar-refractivity contribution in [2.24, 2.45) is 0 Å². The summed E-state index contributed by atoms with van der Waals surface area (Å²) in [4.78, 5) is 31.7. The van der Waals surface area contributed by atoms with Crippen LogP contribution in [0, 0.1) is 5.82 Å². The molecular formula is C23H18Cl2FN5O2S. The molecule has 0 radical (unpaired) electrons. The van der Waals surface area contributed by atoms with Gasteiger partial charge in [0.2, 0.25) is 0 Å². The molecule has 0 atom stereocenters. The van der Waals surface area contributed by atoms with Crippen molar-refractivity contribution in [3.05, 3.63) is 73.9 Å². The van der Waals surface area contributed by atoms with E-state index in [4.69, 9.17) is 23.2 Å². The number of hydrogen-bond acceptors (Lipinski definition) is 5. The number of carbonyl (C=O) groups is 2. The Morgan fingerprint density at radius 1 is 1.12 bits per heavy atom. The number of thiazole rings is 1. The maximum Gasteiger partial charge on any atom is 0.276 e. The summed E-state index contributed by atoms with van der Waals surface area (Å²) in [6, 6.07) is 9.56. The van der Waals surface area contributed by atoms with E-state index in [0.717, 1.165) is 10.5 Å². The first-order valence-corrected chi connectivity index (χ1v) is 12.2. The van der Waals surface area contributed by atoms with E-state index in [1.807, 2.05) is 6.07 Å². The fourth-order valence-electron chi connectivity index (χ4n) is 4.06. The molecule has 2 N–H and O–H groups in total. The number of halogens is 3. The number of rotatable bonds is 4. The molecule has 0 aliphatic carbocycles. The van der Waals surface area contributed by atoms with E-state index in [0.29, 0.717) is 47.9 Å². The van der Waals surface area contributed by atoms with Gasteiger partial charge >= 0.3 is 0 Å². The van der Waals surface area contributed by atoms with Crippen molar-refractivity contribution in [3.63, 3.8) is 0 Å². The monoisotopic (exact) mass is 517 g/mol. The lowest BCUT2D eigenvalue weighted by Gasteiger charge is -2.31. The second-order valence-electron chi connectivity index (χ2n) is 7.92. The molecule has 4 aromatic rings. The summed E-state index contributed by atoms with van der Waals surface area (Å²) in [7, 11) is 0. The SMILES string of the molecule is O=C(Nc1n[nH]c2cccc(Cl)c12)c1csc(C2CCN(C(=O)c3c(F)cccc3Cl)CC2)n1. The van der Waals surface area contributed by atoms with Crippen molar-refractivity contribution in [1.82, 2.24) is 20.1 Å². The molecule has 0 spiro atoms. The van der Waals surface area contributed by atoms with Crippen LogP contribution in [0.15, 0.2) is 41.8 Å². The third kappa shape index (κ3) is 4.26. The van der Waals surface area contributed by atoms with Crippen molar-refractivity contribution in [3.8, 4) is 0 Å². The predicted octanol–water partition coefficient (Wildman–Crippen LogP) is 5.74. The lowest BCUT2D eigenvalue weighted by atomic mass is 9.97. The number of likely N-dealkylation sites (tertiary alicyclic amines) is 1. The van der Waals surface area contributed by atoms with Crippen LogP contribution in [0.5, 0.6) is 0 Å². The highest BCUT2D eigenvalue weighted by molar-refractivity contribution is 7.10. The summed E-state index contributed by atoms with van der Waals surface area (Å²) in [5, 5.41) is 13.5. The maximum atomic E-state index is 14.1. The minimum Gasteiger partial charge on any atom is -0.338 e. The largest absolute Gasteiger partial charge is 0.338 e. The summed E-state index contributed by atoms with van der Waals surface area (Å²) >= 11 is 13.7. The van der Waals surface area contributed by atoms with Crippen LogP contribution in [0.3, 0.4) is 0 Å². The number of carbonyl (C=O) groups excluding carboxylic acids is 2. The Hall–Kier alpha value is -3.01. The molecule has 2 aromatic heterocycles.